The standard InChI is InChI=1S/C9H16BClN2O2/c1-8(2)9(3,4)15-10(14-8)6(5-12)7(11)13/h5,13H,12H2,1-4H3/b6-5+,13-7?. The number of nitrogens with one attached hydrogen (secondary N) is 1. The highest BCUT2D eigenvalue weighted by molar-refractivity contribution is 6.80. The first-order chi connectivity index (χ1) is 6.71. The number of rotatable bonds is 2. The van der Waals surface area contributed by atoms with Crippen molar-refractivity contribution in [3.05, 3.63) is 11.7 Å². The summed E-state index contributed by atoms with van der Waals surface area (Å²) in [5, 5.41) is 7.18. The normalized spacial score (nSPS) is 24.3. The topological polar surface area (TPSA) is 68.3 Å². The van der Waals surface area contributed by atoms with Crippen LogP contribution in [0.3, 0.4) is 0 Å². The van der Waals surface area contributed by atoms with Crippen molar-refractivity contribution in [3.63, 3.8) is 0 Å². The summed E-state index contributed by atoms with van der Waals surface area (Å²) in [4.78, 5) is 0. The maximum atomic E-state index is 7.33. The van der Waals surface area contributed by atoms with Gasteiger partial charge in [-0.2, -0.15) is 0 Å². The van der Waals surface area contributed by atoms with Gasteiger partial charge in [-0.1, -0.05) is 11.6 Å². The quantitative estimate of drug-likeness (QED) is 0.560. The molecular formula is C9H16BClN2O2. The van der Waals surface area contributed by atoms with Crippen LogP contribution in [0, 0.1) is 5.41 Å². The van der Waals surface area contributed by atoms with E-state index in [1.807, 2.05) is 27.7 Å². The fourth-order valence-electron chi connectivity index (χ4n) is 1.23. The molecule has 1 saturated heterocycles. The van der Waals surface area contributed by atoms with Crippen molar-refractivity contribution in [1.29, 1.82) is 5.41 Å². The molecule has 1 aliphatic rings. The molecular weight excluding hydrogens is 214 g/mol. The molecule has 3 N–H and O–H groups in total. The number of nitrogens with two attached hydrogens (primary N) is 1. The molecule has 0 aromatic heterocycles. The van der Waals surface area contributed by atoms with Crippen LogP contribution in [0.5, 0.6) is 0 Å². The lowest BCUT2D eigenvalue weighted by atomic mass is 9.79. The van der Waals surface area contributed by atoms with Crippen molar-refractivity contribution in [2.75, 3.05) is 0 Å². The average Bonchev–Trinajstić information content (AvgIpc) is 2.21. The summed E-state index contributed by atoms with van der Waals surface area (Å²) in [6.07, 6.45) is 1.25. The third-order valence-corrected chi connectivity index (χ3v) is 3.16. The molecule has 0 aromatic rings. The molecule has 0 radical (unpaired) electrons. The Labute approximate surface area is 95.4 Å². The Bertz CT molecular complexity index is 299. The molecule has 0 unspecified atom stereocenters. The average molecular weight is 231 g/mol. The Balaban J connectivity index is 2.92. The Morgan fingerprint density at radius 3 is 1.93 bits per heavy atom. The van der Waals surface area contributed by atoms with Crippen molar-refractivity contribution in [2.24, 2.45) is 5.73 Å². The van der Waals surface area contributed by atoms with Gasteiger partial charge < -0.3 is 15.0 Å². The van der Waals surface area contributed by atoms with E-state index >= 15 is 0 Å². The third-order valence-electron chi connectivity index (χ3n) is 2.94. The van der Waals surface area contributed by atoms with Gasteiger partial charge in [-0.15, -0.1) is 0 Å². The highest BCUT2D eigenvalue weighted by atomic mass is 35.5. The summed E-state index contributed by atoms with van der Waals surface area (Å²) in [5.74, 6) is 0. The molecule has 0 aromatic carbocycles. The first-order valence-corrected chi connectivity index (χ1v) is 5.11. The van der Waals surface area contributed by atoms with E-state index in [1.54, 1.807) is 0 Å². The number of hydrogen-bond acceptors (Lipinski definition) is 4. The molecule has 6 heteroatoms. The summed E-state index contributed by atoms with van der Waals surface area (Å²) < 4.78 is 11.4. The zero-order valence-corrected chi connectivity index (χ0v) is 10.2. The van der Waals surface area contributed by atoms with Crippen molar-refractivity contribution in [3.8, 4) is 0 Å². The van der Waals surface area contributed by atoms with Crippen LogP contribution in [0.1, 0.15) is 27.7 Å². The molecule has 1 rings (SSSR count). The Morgan fingerprint density at radius 1 is 1.27 bits per heavy atom. The van der Waals surface area contributed by atoms with Gasteiger partial charge in [0, 0.05) is 5.47 Å². The van der Waals surface area contributed by atoms with Crippen LogP contribution in [0.25, 0.3) is 0 Å². The minimum Gasteiger partial charge on any atom is -0.405 e. The van der Waals surface area contributed by atoms with Gasteiger partial charge in [0.05, 0.1) is 11.2 Å². The van der Waals surface area contributed by atoms with Gasteiger partial charge in [0.1, 0.15) is 5.17 Å². The summed E-state index contributed by atoms with van der Waals surface area (Å²) in [7, 11) is -0.662. The van der Waals surface area contributed by atoms with Crippen LogP contribution < -0.4 is 5.73 Å². The lowest BCUT2D eigenvalue weighted by Gasteiger charge is -2.32. The summed E-state index contributed by atoms with van der Waals surface area (Å²) in [5.41, 5.74) is 4.85. The number of allylic oxidation sites excluding steroid dienone is 1. The van der Waals surface area contributed by atoms with Crippen molar-refractivity contribution >= 4 is 23.9 Å². The highest BCUT2D eigenvalue weighted by Crippen LogP contribution is 2.38. The van der Waals surface area contributed by atoms with Crippen LogP contribution in [0.4, 0.5) is 0 Å². The summed E-state index contributed by atoms with van der Waals surface area (Å²) >= 11 is 5.59. The van der Waals surface area contributed by atoms with Gasteiger partial charge in [-0.25, -0.2) is 0 Å². The Kier molecular flexibility index (Phi) is 3.19. The van der Waals surface area contributed by atoms with E-state index in [9.17, 15) is 0 Å². The van der Waals surface area contributed by atoms with Crippen LogP contribution in [0.2, 0.25) is 0 Å². The highest BCUT2D eigenvalue weighted by Gasteiger charge is 2.52. The van der Waals surface area contributed by atoms with E-state index in [0.29, 0.717) is 5.47 Å². The molecule has 1 heterocycles. The second kappa shape index (κ2) is 3.81. The van der Waals surface area contributed by atoms with Gasteiger partial charge in [-0.3, -0.25) is 5.41 Å². The first kappa shape index (κ1) is 12.6. The molecule has 0 saturated carbocycles. The smallest absolute Gasteiger partial charge is 0.405 e. The first-order valence-electron chi connectivity index (χ1n) is 4.73. The lowest BCUT2D eigenvalue weighted by Crippen LogP contribution is -2.41. The maximum Gasteiger partial charge on any atom is 0.499 e. The lowest BCUT2D eigenvalue weighted by molar-refractivity contribution is 0.00578. The van der Waals surface area contributed by atoms with Crippen LogP contribution in [-0.4, -0.2) is 23.5 Å². The monoisotopic (exact) mass is 230 g/mol. The Morgan fingerprint density at radius 2 is 1.67 bits per heavy atom. The van der Waals surface area contributed by atoms with Crippen LogP contribution in [0.15, 0.2) is 11.7 Å². The van der Waals surface area contributed by atoms with E-state index in [0.717, 1.165) is 0 Å². The van der Waals surface area contributed by atoms with Gasteiger partial charge in [0.15, 0.2) is 0 Å². The summed E-state index contributed by atoms with van der Waals surface area (Å²) in [6.45, 7) is 7.72. The minimum atomic E-state index is -0.662. The molecule has 4 nitrogen and oxygen atoms in total. The molecule has 1 fully saturated rings. The fraction of sp³-hybridized carbons (Fsp3) is 0.667. The largest absolute Gasteiger partial charge is 0.499 e. The van der Waals surface area contributed by atoms with E-state index in [2.05, 4.69) is 0 Å². The molecule has 0 spiro atoms. The van der Waals surface area contributed by atoms with Gasteiger partial charge in [0.25, 0.3) is 0 Å². The Hall–Kier alpha value is -0.515. The molecule has 0 atom stereocenters. The van der Waals surface area contributed by atoms with Crippen LogP contribution >= 0.6 is 11.6 Å². The zero-order chi connectivity index (χ0) is 11.9. The van der Waals surface area contributed by atoms with E-state index in [-0.39, 0.29) is 5.17 Å². The van der Waals surface area contributed by atoms with E-state index in [4.69, 9.17) is 32.1 Å². The van der Waals surface area contributed by atoms with E-state index in [1.165, 1.54) is 6.20 Å². The molecule has 0 amide bonds. The second-order valence-corrected chi connectivity index (χ2v) is 4.90. The van der Waals surface area contributed by atoms with Crippen molar-refractivity contribution in [1.82, 2.24) is 0 Å². The predicted molar refractivity (Wildman–Crippen MR) is 61.9 cm³/mol. The van der Waals surface area contributed by atoms with Gasteiger partial charge >= 0.3 is 7.12 Å². The minimum absolute atomic E-state index is 0.156. The van der Waals surface area contributed by atoms with Crippen molar-refractivity contribution in [2.45, 2.75) is 38.9 Å². The predicted octanol–water partition coefficient (Wildman–Crippen LogP) is 1.68. The number of halogens is 1. The maximum absolute atomic E-state index is 7.33. The van der Waals surface area contributed by atoms with Gasteiger partial charge in [-0.05, 0) is 33.9 Å². The molecule has 0 aliphatic carbocycles. The van der Waals surface area contributed by atoms with Crippen molar-refractivity contribution < 1.29 is 9.31 Å². The second-order valence-electron chi connectivity index (χ2n) is 4.52. The molecule has 0 bridgehead atoms. The van der Waals surface area contributed by atoms with Crippen LogP contribution in [-0.2, 0) is 9.31 Å². The molecule has 1 aliphatic heterocycles. The SMILES string of the molecule is CC1(C)OB(/C(=C/N)C(=N)Cl)OC1(C)C. The molecule has 84 valence electrons. The summed E-state index contributed by atoms with van der Waals surface area (Å²) in [6, 6.07) is 0. The zero-order valence-electron chi connectivity index (χ0n) is 9.43. The van der Waals surface area contributed by atoms with Gasteiger partial charge in [0.2, 0.25) is 0 Å². The third kappa shape index (κ3) is 2.19. The molecule has 15 heavy (non-hydrogen) atoms. The fourth-order valence-corrected chi connectivity index (χ4v) is 1.38. The van der Waals surface area contributed by atoms with E-state index < -0.39 is 18.3 Å². The number of hydrogen-bond donors (Lipinski definition) is 2.